The maximum atomic E-state index is 5.67. The average molecular weight is 266 g/mol. The Morgan fingerprint density at radius 1 is 1.42 bits per heavy atom. The Balaban J connectivity index is 1.92. The second-order valence-corrected chi connectivity index (χ2v) is 6.33. The Hall–Kier alpha value is -1.10. The highest BCUT2D eigenvalue weighted by molar-refractivity contribution is 5.20. The van der Waals surface area contributed by atoms with Crippen molar-refractivity contribution in [1.82, 2.24) is 15.5 Å². The van der Waals surface area contributed by atoms with Crippen LogP contribution in [0.2, 0.25) is 0 Å². The number of hydrogen-bond acceptors (Lipinski definition) is 5. The van der Waals surface area contributed by atoms with E-state index in [2.05, 4.69) is 41.6 Å². The van der Waals surface area contributed by atoms with Crippen LogP contribution in [0, 0.1) is 5.41 Å². The maximum Gasteiger partial charge on any atom is 0.315 e. The summed E-state index contributed by atoms with van der Waals surface area (Å²) in [5.41, 5.74) is 0.413. The summed E-state index contributed by atoms with van der Waals surface area (Å²) >= 11 is 0. The zero-order valence-corrected chi connectivity index (χ0v) is 12.5. The number of nitrogens with zero attached hydrogens (tertiary/aromatic N) is 2. The molecular formula is C14H26N4O. The van der Waals surface area contributed by atoms with E-state index in [-0.39, 0.29) is 6.04 Å². The molecule has 0 amide bonds. The van der Waals surface area contributed by atoms with E-state index in [9.17, 15) is 0 Å². The van der Waals surface area contributed by atoms with Crippen LogP contribution < -0.4 is 10.6 Å². The third kappa shape index (κ3) is 3.93. The van der Waals surface area contributed by atoms with Crippen molar-refractivity contribution >= 4 is 6.01 Å². The molecule has 5 nitrogen and oxygen atoms in total. The molecule has 19 heavy (non-hydrogen) atoms. The van der Waals surface area contributed by atoms with Gasteiger partial charge in [0, 0.05) is 6.04 Å². The summed E-state index contributed by atoms with van der Waals surface area (Å²) in [7, 11) is 0. The summed E-state index contributed by atoms with van der Waals surface area (Å²) in [5.74, 6) is 0.652. The monoisotopic (exact) mass is 266 g/mol. The molecule has 0 bridgehead atoms. The molecule has 2 rings (SSSR count). The van der Waals surface area contributed by atoms with Crippen molar-refractivity contribution in [1.29, 1.82) is 0 Å². The van der Waals surface area contributed by atoms with Crippen molar-refractivity contribution < 1.29 is 4.42 Å². The molecule has 1 aromatic heterocycles. The number of rotatable bonds is 5. The van der Waals surface area contributed by atoms with Gasteiger partial charge in [0.25, 0.3) is 0 Å². The molecule has 1 aromatic rings. The fraction of sp³-hybridized carbons (Fsp3) is 0.857. The SMILES string of the molecule is CCNC(C)c1nnc(NC2CCCC(C)(C)C2)o1. The first-order valence-corrected chi connectivity index (χ1v) is 7.33. The van der Waals surface area contributed by atoms with Crippen molar-refractivity contribution in [2.45, 2.75) is 65.5 Å². The summed E-state index contributed by atoms with van der Waals surface area (Å²) in [5, 5.41) is 14.8. The van der Waals surface area contributed by atoms with Gasteiger partial charge >= 0.3 is 6.01 Å². The first-order valence-electron chi connectivity index (χ1n) is 7.33. The summed E-state index contributed by atoms with van der Waals surface area (Å²) < 4.78 is 5.67. The lowest BCUT2D eigenvalue weighted by atomic mass is 9.75. The molecule has 2 unspecified atom stereocenters. The molecule has 1 saturated carbocycles. The van der Waals surface area contributed by atoms with Crippen molar-refractivity contribution in [2.75, 3.05) is 11.9 Å². The van der Waals surface area contributed by atoms with Crippen molar-refractivity contribution in [3.63, 3.8) is 0 Å². The van der Waals surface area contributed by atoms with Gasteiger partial charge in [-0.15, -0.1) is 5.10 Å². The molecule has 0 aliphatic heterocycles. The molecule has 0 radical (unpaired) electrons. The molecule has 1 heterocycles. The Morgan fingerprint density at radius 3 is 2.89 bits per heavy atom. The Morgan fingerprint density at radius 2 is 2.21 bits per heavy atom. The van der Waals surface area contributed by atoms with Crippen molar-refractivity contribution in [3.8, 4) is 0 Å². The van der Waals surface area contributed by atoms with E-state index in [1.54, 1.807) is 0 Å². The summed E-state index contributed by atoms with van der Waals surface area (Å²) in [6.45, 7) is 9.64. The highest BCUT2D eigenvalue weighted by Gasteiger charge is 2.28. The standard InChI is InChI=1S/C14H26N4O/c1-5-15-10(2)12-17-18-13(19-12)16-11-7-6-8-14(3,4)9-11/h10-11,15H,5-9H2,1-4H3,(H,16,18). The van der Waals surface area contributed by atoms with Gasteiger partial charge in [-0.2, -0.15) is 0 Å². The normalized spacial score (nSPS) is 24.1. The Bertz CT molecular complexity index is 402. The van der Waals surface area contributed by atoms with Gasteiger partial charge in [-0.05, 0) is 38.1 Å². The van der Waals surface area contributed by atoms with E-state index in [1.807, 2.05) is 6.92 Å². The van der Waals surface area contributed by atoms with Crippen LogP contribution in [0.25, 0.3) is 0 Å². The lowest BCUT2D eigenvalue weighted by Crippen LogP contribution is -2.31. The third-order valence-electron chi connectivity index (χ3n) is 3.85. The predicted octanol–water partition coefficient (Wildman–Crippen LogP) is 3.12. The molecule has 0 saturated heterocycles. The van der Waals surface area contributed by atoms with Crippen LogP contribution in [0.15, 0.2) is 4.42 Å². The average Bonchev–Trinajstić information content (AvgIpc) is 2.76. The Kier molecular flexibility index (Phi) is 4.45. The van der Waals surface area contributed by atoms with E-state index >= 15 is 0 Å². The molecule has 1 aliphatic carbocycles. The number of anilines is 1. The van der Waals surface area contributed by atoms with Gasteiger partial charge in [0.05, 0.1) is 6.04 Å². The van der Waals surface area contributed by atoms with Crippen molar-refractivity contribution in [3.05, 3.63) is 5.89 Å². The number of nitrogens with one attached hydrogen (secondary N) is 2. The van der Waals surface area contributed by atoms with E-state index in [0.717, 1.165) is 13.0 Å². The smallest absolute Gasteiger partial charge is 0.315 e. The second kappa shape index (κ2) is 5.90. The molecule has 0 spiro atoms. The van der Waals surface area contributed by atoms with E-state index in [4.69, 9.17) is 4.42 Å². The van der Waals surface area contributed by atoms with Gasteiger partial charge in [-0.3, -0.25) is 0 Å². The van der Waals surface area contributed by atoms with Gasteiger partial charge < -0.3 is 15.1 Å². The minimum Gasteiger partial charge on any atom is -0.406 e. The third-order valence-corrected chi connectivity index (χ3v) is 3.85. The van der Waals surface area contributed by atoms with E-state index in [0.29, 0.717) is 23.4 Å². The van der Waals surface area contributed by atoms with Gasteiger partial charge in [0.1, 0.15) is 0 Å². The highest BCUT2D eigenvalue weighted by Crippen LogP contribution is 2.36. The van der Waals surface area contributed by atoms with Gasteiger partial charge in [0.15, 0.2) is 0 Å². The lowest BCUT2D eigenvalue weighted by Gasteiger charge is -2.35. The molecule has 0 aromatic carbocycles. The second-order valence-electron chi connectivity index (χ2n) is 6.33. The topological polar surface area (TPSA) is 63.0 Å². The molecule has 5 heteroatoms. The van der Waals surface area contributed by atoms with Gasteiger partial charge in [-0.1, -0.05) is 32.3 Å². The molecule has 1 aliphatic rings. The van der Waals surface area contributed by atoms with Crippen molar-refractivity contribution in [2.24, 2.45) is 5.41 Å². The van der Waals surface area contributed by atoms with Gasteiger partial charge in [-0.25, -0.2) is 0 Å². The highest BCUT2D eigenvalue weighted by atomic mass is 16.4. The van der Waals surface area contributed by atoms with Crippen LogP contribution in [0.5, 0.6) is 0 Å². The lowest BCUT2D eigenvalue weighted by molar-refractivity contribution is 0.227. The first-order chi connectivity index (χ1) is 9.00. The van der Waals surface area contributed by atoms with Crippen LogP contribution >= 0.6 is 0 Å². The summed E-state index contributed by atoms with van der Waals surface area (Å²) in [4.78, 5) is 0. The fourth-order valence-electron chi connectivity index (χ4n) is 2.86. The minimum atomic E-state index is 0.107. The zero-order valence-electron chi connectivity index (χ0n) is 12.5. The summed E-state index contributed by atoms with van der Waals surface area (Å²) in [6.07, 6.45) is 4.91. The largest absolute Gasteiger partial charge is 0.406 e. The molecule has 2 atom stereocenters. The number of hydrogen-bond donors (Lipinski definition) is 2. The van der Waals surface area contributed by atoms with Crippen LogP contribution in [0.4, 0.5) is 6.01 Å². The predicted molar refractivity (Wildman–Crippen MR) is 76.0 cm³/mol. The molecule has 2 N–H and O–H groups in total. The van der Waals surface area contributed by atoms with Crippen LogP contribution in [0.1, 0.15) is 65.3 Å². The fourth-order valence-corrected chi connectivity index (χ4v) is 2.86. The van der Waals surface area contributed by atoms with Crippen LogP contribution in [-0.2, 0) is 0 Å². The first kappa shape index (κ1) is 14.3. The van der Waals surface area contributed by atoms with Crippen LogP contribution in [-0.4, -0.2) is 22.8 Å². The van der Waals surface area contributed by atoms with Crippen LogP contribution in [0.3, 0.4) is 0 Å². The van der Waals surface area contributed by atoms with Gasteiger partial charge in [0.2, 0.25) is 5.89 Å². The Labute approximate surface area is 115 Å². The minimum absolute atomic E-state index is 0.107. The summed E-state index contributed by atoms with van der Waals surface area (Å²) in [6, 6.07) is 1.12. The quantitative estimate of drug-likeness (QED) is 0.857. The maximum absolute atomic E-state index is 5.67. The van der Waals surface area contributed by atoms with E-state index in [1.165, 1.54) is 19.3 Å². The van der Waals surface area contributed by atoms with E-state index < -0.39 is 0 Å². The molecular weight excluding hydrogens is 240 g/mol. The zero-order chi connectivity index (χ0) is 13.9. The number of aromatic nitrogens is 2. The molecule has 108 valence electrons. The molecule has 1 fully saturated rings.